The smallest absolute Gasteiger partial charge is 0.262 e. The van der Waals surface area contributed by atoms with Crippen LogP contribution in [-0.2, 0) is 4.79 Å². The van der Waals surface area contributed by atoms with Crippen molar-refractivity contribution in [2.24, 2.45) is 0 Å². The number of hydrogen-bond acceptors (Lipinski definition) is 4. The second-order valence-electron chi connectivity index (χ2n) is 6.96. The van der Waals surface area contributed by atoms with E-state index >= 15 is 0 Å². The number of nitriles is 1. The molecule has 3 aromatic rings. The third kappa shape index (κ3) is 5.21. The fourth-order valence-corrected chi connectivity index (χ4v) is 3.13. The SMILES string of the molecule is C=CCNC(=O)C(C#N)=Cc1cn(-c2ccccc2)nc1-c1ccc(OCC=C)cc1C. The van der Waals surface area contributed by atoms with Gasteiger partial charge in [-0.2, -0.15) is 10.4 Å². The van der Waals surface area contributed by atoms with Crippen LogP contribution in [0.2, 0.25) is 0 Å². The quantitative estimate of drug-likeness (QED) is 0.309. The molecule has 2 aromatic carbocycles. The van der Waals surface area contributed by atoms with E-state index in [1.807, 2.05) is 67.7 Å². The summed E-state index contributed by atoms with van der Waals surface area (Å²) in [5.41, 5.74) is 4.00. The Morgan fingerprint density at radius 2 is 2.00 bits per heavy atom. The lowest BCUT2D eigenvalue weighted by atomic mass is 10.0. The number of carbonyl (C=O) groups is 1. The maximum Gasteiger partial charge on any atom is 0.262 e. The Kier molecular flexibility index (Phi) is 7.39. The lowest BCUT2D eigenvalue weighted by Crippen LogP contribution is -2.24. The molecule has 0 aliphatic rings. The number of ether oxygens (including phenoxy) is 1. The van der Waals surface area contributed by atoms with Gasteiger partial charge in [-0.15, -0.1) is 6.58 Å². The average Bonchev–Trinajstić information content (AvgIpc) is 3.23. The first-order valence-electron chi connectivity index (χ1n) is 10.1. The minimum Gasteiger partial charge on any atom is -0.490 e. The van der Waals surface area contributed by atoms with Gasteiger partial charge in [0.25, 0.3) is 5.91 Å². The number of carbonyl (C=O) groups excluding carboxylic acids is 1. The first-order valence-corrected chi connectivity index (χ1v) is 10.1. The van der Waals surface area contributed by atoms with Crippen LogP contribution in [0.15, 0.2) is 85.6 Å². The first kappa shape index (κ1) is 22.3. The largest absolute Gasteiger partial charge is 0.490 e. The molecule has 0 spiro atoms. The van der Waals surface area contributed by atoms with Crippen molar-refractivity contribution >= 4 is 12.0 Å². The highest BCUT2D eigenvalue weighted by molar-refractivity contribution is 6.02. The predicted molar refractivity (Wildman–Crippen MR) is 126 cm³/mol. The van der Waals surface area contributed by atoms with Gasteiger partial charge in [-0.3, -0.25) is 4.79 Å². The normalized spacial score (nSPS) is 10.8. The van der Waals surface area contributed by atoms with Crippen LogP contribution in [0.1, 0.15) is 11.1 Å². The van der Waals surface area contributed by atoms with Crippen LogP contribution in [-0.4, -0.2) is 28.8 Å². The minimum atomic E-state index is -0.462. The molecule has 1 heterocycles. The van der Waals surface area contributed by atoms with Gasteiger partial charge in [-0.05, 0) is 48.9 Å². The number of amides is 1. The van der Waals surface area contributed by atoms with Crippen molar-refractivity contribution in [1.29, 1.82) is 5.26 Å². The van der Waals surface area contributed by atoms with Crippen LogP contribution in [0.3, 0.4) is 0 Å². The van der Waals surface area contributed by atoms with Gasteiger partial charge >= 0.3 is 0 Å². The van der Waals surface area contributed by atoms with Crippen LogP contribution in [0.4, 0.5) is 0 Å². The zero-order valence-corrected chi connectivity index (χ0v) is 17.9. The molecule has 0 saturated carbocycles. The van der Waals surface area contributed by atoms with Crippen molar-refractivity contribution in [3.8, 4) is 28.8 Å². The number of benzene rings is 2. The summed E-state index contributed by atoms with van der Waals surface area (Å²) in [5, 5.41) is 17.0. The molecule has 0 atom stereocenters. The highest BCUT2D eigenvalue weighted by Crippen LogP contribution is 2.30. The summed E-state index contributed by atoms with van der Waals surface area (Å²) in [7, 11) is 0. The third-order valence-corrected chi connectivity index (χ3v) is 4.66. The summed E-state index contributed by atoms with van der Waals surface area (Å²) in [6.07, 6.45) is 6.62. The van der Waals surface area contributed by atoms with Gasteiger partial charge in [0.1, 0.15) is 29.7 Å². The molecule has 0 fully saturated rings. The summed E-state index contributed by atoms with van der Waals surface area (Å²) in [5.74, 6) is 0.267. The van der Waals surface area contributed by atoms with E-state index in [2.05, 4.69) is 18.5 Å². The van der Waals surface area contributed by atoms with Crippen molar-refractivity contribution in [3.05, 3.63) is 96.7 Å². The third-order valence-electron chi connectivity index (χ3n) is 4.66. The highest BCUT2D eigenvalue weighted by Gasteiger charge is 2.16. The Hall–Kier alpha value is -4.37. The highest BCUT2D eigenvalue weighted by atomic mass is 16.5. The van der Waals surface area contributed by atoms with Crippen LogP contribution in [0.5, 0.6) is 5.75 Å². The predicted octanol–water partition coefficient (Wildman–Crippen LogP) is 4.62. The van der Waals surface area contributed by atoms with Gasteiger partial charge in [0.05, 0.1) is 5.69 Å². The van der Waals surface area contributed by atoms with Gasteiger partial charge in [-0.1, -0.05) is 36.9 Å². The van der Waals surface area contributed by atoms with Crippen molar-refractivity contribution in [3.63, 3.8) is 0 Å². The lowest BCUT2D eigenvalue weighted by Gasteiger charge is -2.09. The molecule has 0 saturated heterocycles. The average molecular weight is 425 g/mol. The minimum absolute atomic E-state index is 0.00991. The number of rotatable bonds is 9. The summed E-state index contributed by atoms with van der Waals surface area (Å²) in [6.45, 7) is 9.91. The van der Waals surface area contributed by atoms with Crippen LogP contribution in [0, 0.1) is 18.3 Å². The molecular formula is C26H24N4O2. The molecule has 0 aliphatic heterocycles. The molecule has 0 aliphatic carbocycles. The monoisotopic (exact) mass is 424 g/mol. The van der Waals surface area contributed by atoms with Gasteiger partial charge < -0.3 is 10.1 Å². The number of hydrogen-bond donors (Lipinski definition) is 1. The van der Waals surface area contributed by atoms with E-state index in [4.69, 9.17) is 9.84 Å². The zero-order chi connectivity index (χ0) is 22.9. The van der Waals surface area contributed by atoms with Gasteiger partial charge in [0.2, 0.25) is 0 Å². The maximum absolute atomic E-state index is 12.4. The molecule has 0 radical (unpaired) electrons. The Bertz CT molecular complexity index is 1200. The van der Waals surface area contributed by atoms with E-state index in [1.54, 1.807) is 22.9 Å². The van der Waals surface area contributed by atoms with Crippen LogP contribution >= 0.6 is 0 Å². The second kappa shape index (κ2) is 10.6. The van der Waals surface area contributed by atoms with E-state index in [0.29, 0.717) is 17.9 Å². The summed E-state index contributed by atoms with van der Waals surface area (Å²) >= 11 is 0. The van der Waals surface area contributed by atoms with Crippen LogP contribution in [0.25, 0.3) is 23.0 Å². The van der Waals surface area contributed by atoms with Gasteiger partial charge in [0.15, 0.2) is 0 Å². The number of aromatic nitrogens is 2. The molecule has 3 rings (SSSR count). The summed E-state index contributed by atoms with van der Waals surface area (Å²) in [4.78, 5) is 12.4. The number of para-hydroxylation sites is 1. The van der Waals surface area contributed by atoms with Crippen molar-refractivity contribution < 1.29 is 9.53 Å². The van der Waals surface area contributed by atoms with Crippen molar-refractivity contribution in [2.75, 3.05) is 13.2 Å². The Balaban J connectivity index is 2.10. The molecule has 1 N–H and O–H groups in total. The second-order valence-corrected chi connectivity index (χ2v) is 6.96. The fraction of sp³-hybridized carbons (Fsp3) is 0.115. The summed E-state index contributed by atoms with van der Waals surface area (Å²) < 4.78 is 7.36. The maximum atomic E-state index is 12.4. The van der Waals surface area contributed by atoms with Gasteiger partial charge in [0, 0.05) is 23.9 Å². The molecule has 32 heavy (non-hydrogen) atoms. The molecular weight excluding hydrogens is 400 g/mol. The molecule has 0 bridgehead atoms. The Labute approximate surface area is 187 Å². The Morgan fingerprint density at radius 1 is 1.22 bits per heavy atom. The topological polar surface area (TPSA) is 79.9 Å². The molecule has 1 aromatic heterocycles. The Morgan fingerprint density at radius 3 is 2.66 bits per heavy atom. The van der Waals surface area contributed by atoms with Crippen molar-refractivity contribution in [1.82, 2.24) is 15.1 Å². The molecule has 0 unspecified atom stereocenters. The molecule has 6 nitrogen and oxygen atoms in total. The number of nitrogens with one attached hydrogen (secondary N) is 1. The molecule has 6 heteroatoms. The van der Waals surface area contributed by atoms with E-state index in [1.165, 1.54) is 0 Å². The molecule has 160 valence electrons. The van der Waals surface area contributed by atoms with E-state index in [9.17, 15) is 10.1 Å². The van der Waals surface area contributed by atoms with E-state index in [-0.39, 0.29) is 12.1 Å². The fourth-order valence-electron chi connectivity index (χ4n) is 3.13. The first-order chi connectivity index (χ1) is 15.6. The van der Waals surface area contributed by atoms with E-state index < -0.39 is 5.91 Å². The zero-order valence-electron chi connectivity index (χ0n) is 17.9. The molecule has 1 amide bonds. The van der Waals surface area contributed by atoms with Gasteiger partial charge in [-0.25, -0.2) is 4.68 Å². The van der Waals surface area contributed by atoms with Crippen molar-refractivity contribution in [2.45, 2.75) is 6.92 Å². The van der Waals surface area contributed by atoms with Crippen LogP contribution < -0.4 is 10.1 Å². The summed E-state index contributed by atoms with van der Waals surface area (Å²) in [6, 6.07) is 17.3. The van der Waals surface area contributed by atoms with E-state index in [0.717, 1.165) is 22.6 Å². The number of aryl methyl sites for hydroxylation is 1. The lowest BCUT2D eigenvalue weighted by molar-refractivity contribution is -0.116. The standard InChI is InChI=1S/C26H24N4O2/c1-4-13-28-26(31)20(17-27)16-21-18-30(22-9-7-6-8-10-22)29-25(21)24-12-11-23(15-19(24)3)32-14-5-2/h4-12,15-16,18H,1-2,13-14H2,3H3,(H,28,31). The number of nitrogens with zero attached hydrogens (tertiary/aromatic N) is 3.